The van der Waals surface area contributed by atoms with Crippen LogP contribution >= 0.6 is 11.6 Å². The van der Waals surface area contributed by atoms with E-state index in [9.17, 15) is 49.1 Å². The summed E-state index contributed by atoms with van der Waals surface area (Å²) in [5.41, 5.74) is -9.49. The van der Waals surface area contributed by atoms with Crippen LogP contribution in [0.2, 0.25) is 5.02 Å². The predicted molar refractivity (Wildman–Crippen MR) is 120 cm³/mol. The fourth-order valence-corrected chi connectivity index (χ4v) is 3.42. The van der Waals surface area contributed by atoms with E-state index in [1.807, 2.05) is 5.32 Å². The van der Waals surface area contributed by atoms with Crippen molar-refractivity contribution in [2.45, 2.75) is 24.6 Å². The van der Waals surface area contributed by atoms with Crippen LogP contribution in [0.25, 0.3) is 0 Å². The van der Waals surface area contributed by atoms with E-state index in [4.69, 9.17) is 11.6 Å². The summed E-state index contributed by atoms with van der Waals surface area (Å²) in [6.45, 7) is -3.83. The molecule has 2 amide bonds. The number of anilines is 2. The number of nitrogens with one attached hydrogen (secondary N) is 2. The number of ether oxygens (including phenoxy) is 1. The van der Waals surface area contributed by atoms with Gasteiger partial charge in [-0.25, -0.2) is 9.37 Å². The van der Waals surface area contributed by atoms with Crippen molar-refractivity contribution in [3.63, 3.8) is 0 Å². The Morgan fingerprint density at radius 2 is 1.44 bits per heavy atom. The molecule has 208 valence electrons. The van der Waals surface area contributed by atoms with E-state index in [1.165, 1.54) is 24.3 Å². The fraction of sp³-hybridized carbons (Fsp3) is 0.174. The van der Waals surface area contributed by atoms with Gasteiger partial charge in [-0.3, -0.25) is 9.59 Å². The summed E-state index contributed by atoms with van der Waals surface area (Å²) in [6.07, 6.45) is -13.1. The zero-order chi connectivity index (χ0) is 29.2. The summed E-state index contributed by atoms with van der Waals surface area (Å²) in [6, 6.07) is 10.9. The van der Waals surface area contributed by atoms with Crippen molar-refractivity contribution in [3.8, 4) is 5.75 Å². The van der Waals surface area contributed by atoms with Crippen molar-refractivity contribution in [1.82, 2.24) is 4.98 Å². The van der Waals surface area contributed by atoms with Crippen molar-refractivity contribution < 1.29 is 53.8 Å². The molecule has 0 unspecified atom stereocenters. The molecule has 0 aliphatic carbocycles. The summed E-state index contributed by atoms with van der Waals surface area (Å²) in [7, 11) is 0. The van der Waals surface area contributed by atoms with Gasteiger partial charge in [0.05, 0.1) is 5.02 Å². The Morgan fingerprint density at radius 1 is 0.821 bits per heavy atom. The zero-order valence-corrected chi connectivity index (χ0v) is 19.6. The SMILES string of the molecule is O=C(Nc1cccc(C(=O)Nc2c(Cl)cc(C(F)(C(F)(F)F)C(F)(F)F)cc2OC(F)F)n1)c1ccccc1. The minimum absolute atomic E-state index is 0.138. The number of hydrogen-bond acceptors (Lipinski definition) is 4. The van der Waals surface area contributed by atoms with Crippen LogP contribution in [0.1, 0.15) is 26.4 Å². The molecule has 0 aliphatic heterocycles. The van der Waals surface area contributed by atoms with Crippen LogP contribution in [-0.4, -0.2) is 35.8 Å². The van der Waals surface area contributed by atoms with Crippen LogP contribution < -0.4 is 15.4 Å². The van der Waals surface area contributed by atoms with Crippen LogP contribution in [0.15, 0.2) is 60.7 Å². The number of hydrogen-bond donors (Lipinski definition) is 2. The number of carbonyl (C=O) groups is 2. The first-order chi connectivity index (χ1) is 18.0. The number of aromatic nitrogens is 1. The number of alkyl halides is 9. The highest BCUT2D eigenvalue weighted by Gasteiger charge is 2.73. The van der Waals surface area contributed by atoms with Crippen molar-refractivity contribution in [2.75, 3.05) is 10.6 Å². The molecule has 3 aromatic rings. The van der Waals surface area contributed by atoms with Gasteiger partial charge in [0.1, 0.15) is 17.2 Å². The first-order valence-electron chi connectivity index (χ1n) is 10.3. The minimum atomic E-state index is -6.57. The molecular weight excluding hydrogens is 573 g/mol. The molecule has 0 radical (unpaired) electrons. The van der Waals surface area contributed by atoms with Crippen LogP contribution in [-0.2, 0) is 5.67 Å². The van der Waals surface area contributed by atoms with Crippen molar-refractivity contribution in [3.05, 3.63) is 82.5 Å². The van der Waals surface area contributed by atoms with Gasteiger partial charge >= 0.3 is 24.6 Å². The lowest BCUT2D eigenvalue weighted by Crippen LogP contribution is -2.50. The van der Waals surface area contributed by atoms with Crippen LogP contribution in [0.3, 0.4) is 0 Å². The van der Waals surface area contributed by atoms with Crippen molar-refractivity contribution in [1.29, 1.82) is 0 Å². The molecule has 1 heterocycles. The van der Waals surface area contributed by atoms with Gasteiger partial charge < -0.3 is 15.4 Å². The topological polar surface area (TPSA) is 80.3 Å². The summed E-state index contributed by atoms with van der Waals surface area (Å²) < 4.78 is 123. The van der Waals surface area contributed by atoms with E-state index in [2.05, 4.69) is 15.0 Å². The monoisotopic (exact) mass is 585 g/mol. The molecule has 0 atom stereocenters. The van der Waals surface area contributed by atoms with Gasteiger partial charge in [0.25, 0.3) is 11.8 Å². The van der Waals surface area contributed by atoms with E-state index >= 15 is 0 Å². The van der Waals surface area contributed by atoms with Crippen molar-refractivity contribution in [2.24, 2.45) is 0 Å². The number of carbonyl (C=O) groups excluding carboxylic acids is 2. The Kier molecular flexibility index (Phi) is 8.33. The third kappa shape index (κ3) is 6.35. The maximum Gasteiger partial charge on any atom is 0.435 e. The summed E-state index contributed by atoms with van der Waals surface area (Å²) >= 11 is 5.71. The second-order valence-electron chi connectivity index (χ2n) is 7.55. The van der Waals surface area contributed by atoms with Gasteiger partial charge in [-0.2, -0.15) is 35.1 Å². The third-order valence-electron chi connectivity index (χ3n) is 4.95. The quantitative estimate of drug-likeness (QED) is 0.289. The van der Waals surface area contributed by atoms with Crippen LogP contribution in [0.4, 0.5) is 51.0 Å². The Morgan fingerprint density at radius 3 is 2.00 bits per heavy atom. The molecule has 1 aromatic heterocycles. The molecule has 0 saturated heterocycles. The molecule has 0 spiro atoms. The lowest BCUT2D eigenvalue weighted by Gasteiger charge is -2.31. The highest BCUT2D eigenvalue weighted by atomic mass is 35.5. The predicted octanol–water partition coefficient (Wildman–Crippen LogP) is 7.13. The van der Waals surface area contributed by atoms with E-state index in [0.717, 1.165) is 6.07 Å². The van der Waals surface area contributed by atoms with E-state index < -0.39 is 64.2 Å². The minimum Gasteiger partial charge on any atom is -0.433 e. The van der Waals surface area contributed by atoms with Gasteiger partial charge in [-0.15, -0.1) is 0 Å². The fourth-order valence-electron chi connectivity index (χ4n) is 3.16. The second kappa shape index (κ2) is 11.0. The number of halogens is 10. The first kappa shape index (κ1) is 29.5. The Hall–Kier alpha value is -4.01. The van der Waals surface area contributed by atoms with Gasteiger partial charge in [-0.05, 0) is 36.4 Å². The standard InChI is InChI=1S/C23H13ClF9N3O3/c24-13-9-12(21(27,22(28,29)30)23(31,32)33)10-15(39-20(25)26)17(13)36-19(38)14-7-4-8-16(34-14)35-18(37)11-5-2-1-3-6-11/h1-10,20H,(H,36,38)(H,34,35,37). The first-order valence-corrected chi connectivity index (χ1v) is 10.7. The Balaban J connectivity index is 1.97. The van der Waals surface area contributed by atoms with Gasteiger partial charge in [-0.1, -0.05) is 35.9 Å². The lowest BCUT2D eigenvalue weighted by molar-refractivity contribution is -0.348. The number of nitrogens with zero attached hydrogens (tertiary/aromatic N) is 1. The van der Waals surface area contributed by atoms with Crippen LogP contribution in [0, 0.1) is 0 Å². The lowest BCUT2D eigenvalue weighted by atomic mass is 9.93. The molecule has 16 heteroatoms. The van der Waals surface area contributed by atoms with E-state index in [-0.39, 0.29) is 23.5 Å². The molecule has 39 heavy (non-hydrogen) atoms. The zero-order valence-electron chi connectivity index (χ0n) is 18.8. The third-order valence-corrected chi connectivity index (χ3v) is 5.25. The van der Waals surface area contributed by atoms with E-state index in [0.29, 0.717) is 0 Å². The second-order valence-corrected chi connectivity index (χ2v) is 7.95. The number of amides is 2. The summed E-state index contributed by atoms with van der Waals surface area (Å²) in [4.78, 5) is 28.8. The summed E-state index contributed by atoms with van der Waals surface area (Å²) in [5, 5.41) is 3.07. The average molecular weight is 586 g/mol. The maximum absolute atomic E-state index is 14.5. The molecule has 2 aromatic carbocycles. The largest absolute Gasteiger partial charge is 0.435 e. The van der Waals surface area contributed by atoms with Gasteiger partial charge in [0, 0.05) is 11.1 Å². The number of pyridine rings is 1. The number of rotatable bonds is 7. The number of benzene rings is 2. The molecule has 0 saturated carbocycles. The van der Waals surface area contributed by atoms with E-state index in [1.54, 1.807) is 18.2 Å². The molecule has 0 fully saturated rings. The molecular formula is C23H13ClF9N3O3. The van der Waals surface area contributed by atoms with Crippen LogP contribution in [0.5, 0.6) is 5.75 Å². The normalized spacial score (nSPS) is 12.3. The molecule has 0 bridgehead atoms. The Bertz CT molecular complexity index is 1350. The average Bonchev–Trinajstić information content (AvgIpc) is 2.84. The van der Waals surface area contributed by atoms with Gasteiger partial charge in [0.2, 0.25) is 0 Å². The molecule has 0 aliphatic rings. The molecule has 6 nitrogen and oxygen atoms in total. The molecule has 3 rings (SSSR count). The van der Waals surface area contributed by atoms with Crippen molar-refractivity contribution >= 4 is 34.9 Å². The maximum atomic E-state index is 14.5. The Labute approximate surface area is 217 Å². The van der Waals surface area contributed by atoms with Gasteiger partial charge in [0.15, 0.2) is 5.75 Å². The highest BCUT2D eigenvalue weighted by Crippen LogP contribution is 2.55. The summed E-state index contributed by atoms with van der Waals surface area (Å²) in [5.74, 6) is -3.52. The molecule has 2 N–H and O–H groups in total. The highest BCUT2D eigenvalue weighted by molar-refractivity contribution is 6.34. The smallest absolute Gasteiger partial charge is 0.433 e.